The van der Waals surface area contributed by atoms with Crippen LogP contribution in [0.2, 0.25) is 0 Å². The third kappa shape index (κ3) is 4.39. The van der Waals surface area contributed by atoms with Crippen molar-refractivity contribution in [2.75, 3.05) is 11.9 Å². The van der Waals surface area contributed by atoms with E-state index in [0.29, 0.717) is 22.5 Å². The maximum absolute atomic E-state index is 13.1. The molecule has 0 fully saturated rings. The molecule has 0 aliphatic rings. The van der Waals surface area contributed by atoms with Gasteiger partial charge in [0.15, 0.2) is 0 Å². The van der Waals surface area contributed by atoms with Crippen molar-refractivity contribution < 1.29 is 27.5 Å². The number of aromatic nitrogens is 2. The molecule has 0 saturated heterocycles. The largest absolute Gasteiger partial charge is 0.466 e. The Labute approximate surface area is 164 Å². The highest BCUT2D eigenvalue weighted by molar-refractivity contribution is 6.06. The summed E-state index contributed by atoms with van der Waals surface area (Å²) in [7, 11) is 1.70. The molecule has 1 amide bonds. The van der Waals surface area contributed by atoms with Gasteiger partial charge in [0.25, 0.3) is 5.91 Å². The molecular formula is C20H18F3N3O3. The number of ether oxygens (including phenoxy) is 1. The fourth-order valence-corrected chi connectivity index (χ4v) is 2.94. The number of benzene rings is 2. The lowest BCUT2D eigenvalue weighted by atomic mass is 10.1. The van der Waals surface area contributed by atoms with E-state index < -0.39 is 29.2 Å². The van der Waals surface area contributed by atoms with Crippen LogP contribution >= 0.6 is 0 Å². The van der Waals surface area contributed by atoms with Crippen molar-refractivity contribution in [1.82, 2.24) is 9.55 Å². The number of alkyl halides is 3. The number of carbonyl (C=O) groups excluding carboxylic acids is 2. The Morgan fingerprint density at radius 1 is 1.17 bits per heavy atom. The summed E-state index contributed by atoms with van der Waals surface area (Å²) in [6.07, 6.45) is -4.65. The number of esters is 1. The standard InChI is InChI=1S/C20H18F3N3O3/c1-3-29-18(27)11-17-25-15-9-8-12(10-16(15)26(17)2)24-19(28)13-6-4-5-7-14(13)20(21,22)23/h4-10H,3,11H2,1-2H3,(H,24,28). The van der Waals surface area contributed by atoms with Crippen LogP contribution in [0.15, 0.2) is 42.5 Å². The lowest BCUT2D eigenvalue weighted by Crippen LogP contribution is -2.18. The first-order chi connectivity index (χ1) is 13.7. The van der Waals surface area contributed by atoms with Crippen LogP contribution in [0.1, 0.15) is 28.7 Å². The first-order valence-corrected chi connectivity index (χ1v) is 8.79. The fraction of sp³-hybridized carbons (Fsp3) is 0.250. The van der Waals surface area contributed by atoms with Crippen LogP contribution < -0.4 is 5.32 Å². The van der Waals surface area contributed by atoms with Gasteiger partial charge < -0.3 is 14.6 Å². The van der Waals surface area contributed by atoms with Gasteiger partial charge in [0.05, 0.1) is 28.8 Å². The number of carbonyl (C=O) groups is 2. The van der Waals surface area contributed by atoms with Crippen molar-refractivity contribution in [3.63, 3.8) is 0 Å². The van der Waals surface area contributed by atoms with E-state index in [0.717, 1.165) is 12.1 Å². The van der Waals surface area contributed by atoms with Gasteiger partial charge >= 0.3 is 12.1 Å². The molecule has 0 aliphatic heterocycles. The van der Waals surface area contributed by atoms with Crippen LogP contribution in [0.4, 0.5) is 18.9 Å². The van der Waals surface area contributed by atoms with Gasteiger partial charge in [-0.1, -0.05) is 12.1 Å². The maximum Gasteiger partial charge on any atom is 0.417 e. The van der Waals surface area contributed by atoms with Gasteiger partial charge in [0.1, 0.15) is 12.2 Å². The summed E-state index contributed by atoms with van der Waals surface area (Å²) in [6.45, 7) is 1.97. The first-order valence-electron chi connectivity index (χ1n) is 8.79. The molecule has 9 heteroatoms. The van der Waals surface area contributed by atoms with Crippen molar-refractivity contribution in [1.29, 1.82) is 0 Å². The van der Waals surface area contributed by atoms with E-state index in [4.69, 9.17) is 4.74 Å². The Balaban J connectivity index is 1.87. The topological polar surface area (TPSA) is 73.2 Å². The monoisotopic (exact) mass is 405 g/mol. The third-order valence-corrected chi connectivity index (χ3v) is 4.32. The minimum Gasteiger partial charge on any atom is -0.466 e. The number of nitrogens with zero attached hydrogens (tertiary/aromatic N) is 2. The average molecular weight is 405 g/mol. The van der Waals surface area contributed by atoms with E-state index in [1.165, 1.54) is 18.2 Å². The molecule has 0 bridgehead atoms. The molecule has 3 rings (SSSR count). The third-order valence-electron chi connectivity index (χ3n) is 4.32. The van der Waals surface area contributed by atoms with E-state index in [1.807, 2.05) is 0 Å². The van der Waals surface area contributed by atoms with Gasteiger partial charge in [-0.05, 0) is 37.3 Å². The Morgan fingerprint density at radius 2 is 1.90 bits per heavy atom. The highest BCUT2D eigenvalue weighted by Crippen LogP contribution is 2.32. The molecule has 6 nitrogen and oxygen atoms in total. The van der Waals surface area contributed by atoms with E-state index >= 15 is 0 Å². The van der Waals surface area contributed by atoms with Crippen LogP contribution in [0.25, 0.3) is 11.0 Å². The predicted molar refractivity (Wildman–Crippen MR) is 100 cm³/mol. The van der Waals surface area contributed by atoms with Crippen molar-refractivity contribution in [3.8, 4) is 0 Å². The Kier molecular flexibility index (Phi) is 5.58. The second-order valence-corrected chi connectivity index (χ2v) is 6.27. The molecule has 152 valence electrons. The summed E-state index contributed by atoms with van der Waals surface area (Å²) in [5.41, 5.74) is 0.0424. The molecule has 29 heavy (non-hydrogen) atoms. The Morgan fingerprint density at radius 3 is 2.59 bits per heavy atom. The SMILES string of the molecule is CCOC(=O)Cc1nc2ccc(NC(=O)c3ccccc3C(F)(F)F)cc2n1C. The van der Waals surface area contributed by atoms with Crippen LogP contribution in [-0.2, 0) is 29.2 Å². The number of fused-ring (bicyclic) bond motifs is 1. The second-order valence-electron chi connectivity index (χ2n) is 6.27. The van der Waals surface area contributed by atoms with Crippen molar-refractivity contribution in [2.24, 2.45) is 7.05 Å². The molecule has 2 aromatic carbocycles. The number of amides is 1. The smallest absolute Gasteiger partial charge is 0.417 e. The summed E-state index contributed by atoms with van der Waals surface area (Å²) >= 11 is 0. The van der Waals surface area contributed by atoms with E-state index in [1.54, 1.807) is 30.7 Å². The number of aryl methyl sites for hydroxylation is 1. The summed E-state index contributed by atoms with van der Waals surface area (Å²) < 4.78 is 46.0. The normalized spacial score (nSPS) is 11.5. The highest BCUT2D eigenvalue weighted by Gasteiger charge is 2.34. The molecule has 0 aliphatic carbocycles. The minimum absolute atomic E-state index is 0.0142. The molecule has 3 aromatic rings. The fourth-order valence-electron chi connectivity index (χ4n) is 2.94. The Hall–Kier alpha value is -3.36. The zero-order valence-electron chi connectivity index (χ0n) is 15.7. The molecule has 0 saturated carbocycles. The number of imidazole rings is 1. The van der Waals surface area contributed by atoms with Crippen LogP contribution in [0.5, 0.6) is 0 Å². The summed E-state index contributed by atoms with van der Waals surface area (Å²) in [5, 5.41) is 2.49. The van der Waals surface area contributed by atoms with Gasteiger partial charge in [0, 0.05) is 12.7 Å². The number of nitrogens with one attached hydrogen (secondary N) is 1. The molecular weight excluding hydrogens is 387 g/mol. The van der Waals surface area contributed by atoms with Crippen LogP contribution in [-0.4, -0.2) is 28.0 Å². The number of rotatable bonds is 5. The van der Waals surface area contributed by atoms with Crippen molar-refractivity contribution >= 4 is 28.6 Å². The molecule has 1 heterocycles. The quantitative estimate of drug-likeness (QED) is 0.653. The Bertz CT molecular complexity index is 1070. The molecule has 1 N–H and O–H groups in total. The van der Waals surface area contributed by atoms with Crippen LogP contribution in [0.3, 0.4) is 0 Å². The number of anilines is 1. The van der Waals surface area contributed by atoms with Crippen LogP contribution in [0, 0.1) is 0 Å². The van der Waals surface area contributed by atoms with Crippen molar-refractivity contribution in [3.05, 3.63) is 59.4 Å². The average Bonchev–Trinajstić information content (AvgIpc) is 2.96. The number of hydrogen-bond acceptors (Lipinski definition) is 4. The summed E-state index contributed by atoms with van der Waals surface area (Å²) in [5.74, 6) is -0.807. The summed E-state index contributed by atoms with van der Waals surface area (Å²) in [4.78, 5) is 28.5. The van der Waals surface area contributed by atoms with Gasteiger partial charge in [0.2, 0.25) is 0 Å². The predicted octanol–water partition coefficient (Wildman–Crippen LogP) is 3.95. The van der Waals surface area contributed by atoms with Crippen molar-refractivity contribution in [2.45, 2.75) is 19.5 Å². The molecule has 0 spiro atoms. The van der Waals surface area contributed by atoms with E-state index in [9.17, 15) is 22.8 Å². The molecule has 0 radical (unpaired) electrons. The van der Waals surface area contributed by atoms with E-state index in [2.05, 4.69) is 10.3 Å². The maximum atomic E-state index is 13.1. The molecule has 1 aromatic heterocycles. The van der Waals surface area contributed by atoms with Gasteiger partial charge in [-0.15, -0.1) is 0 Å². The van der Waals surface area contributed by atoms with Gasteiger partial charge in [-0.25, -0.2) is 4.98 Å². The second kappa shape index (κ2) is 7.94. The van der Waals surface area contributed by atoms with Gasteiger partial charge in [-0.2, -0.15) is 13.2 Å². The minimum atomic E-state index is -4.64. The van der Waals surface area contributed by atoms with Gasteiger partial charge in [-0.3, -0.25) is 9.59 Å². The van der Waals surface area contributed by atoms with E-state index in [-0.39, 0.29) is 13.0 Å². The number of halogens is 3. The first kappa shape index (κ1) is 20.4. The highest BCUT2D eigenvalue weighted by atomic mass is 19.4. The number of hydrogen-bond donors (Lipinski definition) is 1. The zero-order valence-corrected chi connectivity index (χ0v) is 15.7. The summed E-state index contributed by atoms with van der Waals surface area (Å²) in [6, 6.07) is 9.33. The lowest BCUT2D eigenvalue weighted by molar-refractivity contribution is -0.142. The molecule has 0 unspecified atom stereocenters. The molecule has 0 atom stereocenters. The lowest BCUT2D eigenvalue weighted by Gasteiger charge is -2.12. The zero-order chi connectivity index (χ0) is 21.2.